The van der Waals surface area contributed by atoms with Crippen molar-refractivity contribution in [1.82, 2.24) is 24.5 Å². The molecule has 7 N–H and O–H groups in total. The zero-order valence-corrected chi connectivity index (χ0v) is 36.7. The highest BCUT2D eigenvalue weighted by Crippen LogP contribution is 2.38. The Morgan fingerprint density at radius 1 is 0.788 bits per heavy atom. The number of carbonyl (C=O) groups is 7. The maximum Gasteiger partial charge on any atom is 0.418 e. The molecule has 0 radical (unpaired) electrons. The second-order valence-electron chi connectivity index (χ2n) is 15.8. The SMILES string of the molecule is CN1CCN(C2CCN(C(=O)[C@@H](Cc3cc(Cl)c(N)c(C(F)(F)F)c3)OC(=O)N3CCC(N4CCc5ccccc5NC4=O)CC3)CC2)CC1.O=C(O)C=CC(=O)O.O=C(O)C=CC(=O)O. The van der Waals surface area contributed by atoms with Crippen LogP contribution in [0.4, 0.5) is 34.1 Å². The van der Waals surface area contributed by atoms with Gasteiger partial charge in [0.15, 0.2) is 6.10 Å². The van der Waals surface area contributed by atoms with E-state index in [-0.39, 0.29) is 29.1 Å². The number of ether oxygens (including phenoxy) is 1. The maximum absolute atomic E-state index is 14.0. The van der Waals surface area contributed by atoms with E-state index >= 15 is 0 Å². The Kier molecular flexibility index (Phi) is 19.2. The molecule has 3 fully saturated rings. The number of alkyl halides is 3. The highest BCUT2D eigenvalue weighted by molar-refractivity contribution is 6.33. The van der Waals surface area contributed by atoms with E-state index in [2.05, 4.69) is 22.2 Å². The number of amides is 4. The van der Waals surface area contributed by atoms with Gasteiger partial charge >= 0.3 is 42.2 Å². The fourth-order valence-corrected chi connectivity index (χ4v) is 8.08. The molecule has 0 aliphatic carbocycles. The van der Waals surface area contributed by atoms with Crippen molar-refractivity contribution in [3.8, 4) is 0 Å². The van der Waals surface area contributed by atoms with Crippen molar-refractivity contribution in [3.63, 3.8) is 0 Å². The number of benzene rings is 2. The Morgan fingerprint density at radius 2 is 1.30 bits per heavy atom. The molecule has 0 bridgehead atoms. The van der Waals surface area contributed by atoms with Crippen molar-refractivity contribution in [3.05, 3.63) is 82.4 Å². The van der Waals surface area contributed by atoms with Crippen molar-refractivity contribution in [2.75, 3.05) is 77.0 Å². The second kappa shape index (κ2) is 24.2. The summed E-state index contributed by atoms with van der Waals surface area (Å²) in [6, 6.07) is 9.91. The average Bonchev–Trinajstić information content (AvgIpc) is 3.44. The summed E-state index contributed by atoms with van der Waals surface area (Å²) >= 11 is 6.11. The Bertz CT molecular complexity index is 2070. The fourth-order valence-electron chi connectivity index (χ4n) is 7.84. The number of nitrogens with zero attached hydrogens (tertiary/aromatic N) is 5. The van der Waals surface area contributed by atoms with E-state index in [1.807, 2.05) is 29.2 Å². The summed E-state index contributed by atoms with van der Waals surface area (Å²) in [5, 5.41) is 33.9. The van der Waals surface area contributed by atoms with Gasteiger partial charge in [0.05, 0.1) is 16.3 Å². The lowest BCUT2D eigenvalue weighted by atomic mass is 9.99. The number of halogens is 4. The molecule has 66 heavy (non-hydrogen) atoms. The zero-order chi connectivity index (χ0) is 48.7. The summed E-state index contributed by atoms with van der Waals surface area (Å²) in [6.07, 6.45) is -1.67. The number of carboxylic acid groups (broad SMARTS) is 4. The minimum atomic E-state index is -4.76. The van der Waals surface area contributed by atoms with E-state index in [4.69, 9.17) is 42.5 Å². The molecule has 4 aliphatic heterocycles. The van der Waals surface area contributed by atoms with E-state index in [0.717, 1.165) is 56.3 Å². The van der Waals surface area contributed by atoms with Crippen LogP contribution in [0.2, 0.25) is 5.02 Å². The smallest absolute Gasteiger partial charge is 0.418 e. The van der Waals surface area contributed by atoms with Crippen molar-refractivity contribution < 1.29 is 71.9 Å². The number of hydrogen-bond acceptors (Lipinski definition) is 11. The van der Waals surface area contributed by atoms with Crippen LogP contribution in [-0.2, 0) is 47.7 Å². The molecule has 3 saturated heterocycles. The number of anilines is 2. The number of carboxylic acids is 4. The molecular weight excluding hydrogens is 899 g/mol. The minimum Gasteiger partial charge on any atom is -0.478 e. The molecule has 0 unspecified atom stereocenters. The van der Waals surface area contributed by atoms with E-state index in [9.17, 15) is 46.7 Å². The van der Waals surface area contributed by atoms with Gasteiger partial charge in [0.2, 0.25) is 0 Å². The number of likely N-dealkylation sites (N-methyl/N-ethyl adjacent to an activating group) is 1. The first kappa shape index (κ1) is 52.2. The topological polar surface area (TPSA) is 264 Å². The lowest BCUT2D eigenvalue weighted by Crippen LogP contribution is -2.54. The van der Waals surface area contributed by atoms with Crippen molar-refractivity contribution in [1.29, 1.82) is 0 Å². The fraction of sp³-hybridized carbons (Fsp3) is 0.465. The van der Waals surface area contributed by atoms with Gasteiger partial charge in [0.25, 0.3) is 5.91 Å². The monoisotopic (exact) mass is 951 g/mol. The molecule has 19 nitrogen and oxygen atoms in total. The van der Waals surface area contributed by atoms with E-state index < -0.39 is 59.4 Å². The van der Waals surface area contributed by atoms with Crippen LogP contribution < -0.4 is 11.1 Å². The number of urea groups is 1. The molecular formula is C43H53ClF3N7O12. The van der Waals surface area contributed by atoms with Crippen LogP contribution in [-0.4, -0.2) is 171 Å². The van der Waals surface area contributed by atoms with E-state index in [1.165, 1.54) is 11.0 Å². The van der Waals surface area contributed by atoms with Gasteiger partial charge in [-0.1, -0.05) is 29.8 Å². The molecule has 2 aromatic carbocycles. The zero-order valence-electron chi connectivity index (χ0n) is 36.0. The van der Waals surface area contributed by atoms with Crippen LogP contribution in [0.25, 0.3) is 0 Å². The number of carbonyl (C=O) groups excluding carboxylic acids is 3. The average molecular weight is 952 g/mol. The minimum absolute atomic E-state index is 0.0851. The first-order chi connectivity index (χ1) is 31.1. The van der Waals surface area contributed by atoms with Gasteiger partial charge < -0.3 is 55.8 Å². The Balaban J connectivity index is 0.000000508. The highest BCUT2D eigenvalue weighted by Gasteiger charge is 2.38. The summed E-state index contributed by atoms with van der Waals surface area (Å²) < 4.78 is 47.3. The number of rotatable bonds is 10. The van der Waals surface area contributed by atoms with E-state index in [0.29, 0.717) is 82.3 Å². The number of likely N-dealkylation sites (tertiary alicyclic amines) is 2. The van der Waals surface area contributed by atoms with Gasteiger partial charge in [-0.2, -0.15) is 13.2 Å². The van der Waals surface area contributed by atoms with Gasteiger partial charge in [-0.3, -0.25) is 9.69 Å². The largest absolute Gasteiger partial charge is 0.478 e. The molecule has 4 amide bonds. The Labute approximate surface area is 382 Å². The molecule has 0 saturated carbocycles. The van der Waals surface area contributed by atoms with Crippen LogP contribution in [0.15, 0.2) is 60.7 Å². The van der Waals surface area contributed by atoms with Crippen LogP contribution in [0.1, 0.15) is 42.4 Å². The van der Waals surface area contributed by atoms with Crippen molar-refractivity contribution in [2.24, 2.45) is 0 Å². The standard InChI is InChI=1S/C35H45ClF3N7O4.2C4H4O4/c1-42-16-18-43(19-17-42)25-7-11-44(12-8-25)32(47)30(22-23-20-27(35(37,38)39)31(40)28(36)21-23)50-34(49)45-13-9-26(10-14-45)46-15-6-24-4-2-3-5-29(24)41-33(46)48;2*5-3(6)1-2-4(7)8/h2-5,20-21,25-26,30H,6-19,22,40H2,1H3,(H,41,48);2*1-2H,(H,5,6)(H,7,8)/t30-;;/m1../s1. The van der Waals surface area contributed by atoms with Crippen LogP contribution in [0, 0.1) is 0 Å². The Hall–Kier alpha value is -6.39. The second-order valence-corrected chi connectivity index (χ2v) is 16.2. The number of hydrogen-bond donors (Lipinski definition) is 6. The van der Waals surface area contributed by atoms with Gasteiger partial charge in [-0.05, 0) is 68.5 Å². The molecule has 0 spiro atoms. The van der Waals surface area contributed by atoms with Crippen LogP contribution in [0.3, 0.4) is 0 Å². The van der Waals surface area contributed by atoms with Crippen molar-refractivity contribution in [2.45, 2.75) is 62.9 Å². The molecule has 23 heteroatoms. The summed E-state index contributed by atoms with van der Waals surface area (Å²) in [6.45, 7) is 5.93. The van der Waals surface area contributed by atoms with Gasteiger partial charge in [0, 0.05) is 107 Å². The molecule has 2 aromatic rings. The lowest BCUT2D eigenvalue weighted by molar-refractivity contribution is -0.142. The predicted octanol–water partition coefficient (Wildman–Crippen LogP) is 4.21. The van der Waals surface area contributed by atoms with Gasteiger partial charge in [-0.15, -0.1) is 0 Å². The number of nitrogen functional groups attached to an aromatic ring is 1. The van der Waals surface area contributed by atoms with Gasteiger partial charge in [0.1, 0.15) is 0 Å². The third-order valence-corrected chi connectivity index (χ3v) is 11.6. The number of fused-ring (bicyclic) bond motifs is 1. The van der Waals surface area contributed by atoms with Crippen molar-refractivity contribution >= 4 is 64.9 Å². The van der Waals surface area contributed by atoms with E-state index in [1.54, 1.807) is 4.90 Å². The lowest BCUT2D eigenvalue weighted by Gasteiger charge is -2.42. The molecule has 0 aromatic heterocycles. The first-order valence-corrected chi connectivity index (χ1v) is 21.3. The predicted molar refractivity (Wildman–Crippen MR) is 233 cm³/mol. The summed E-state index contributed by atoms with van der Waals surface area (Å²) in [5.74, 6) is -5.48. The third-order valence-electron chi connectivity index (χ3n) is 11.3. The quantitative estimate of drug-likeness (QED) is 0.144. The molecule has 1 atom stereocenters. The van der Waals surface area contributed by atoms with Crippen LogP contribution >= 0.6 is 11.6 Å². The van der Waals surface area contributed by atoms with Crippen LogP contribution in [0.5, 0.6) is 0 Å². The number of aliphatic carboxylic acids is 4. The third kappa shape index (κ3) is 15.9. The normalized spacial score (nSPS) is 18.2. The number of piperidine rings is 2. The molecule has 4 aliphatic rings. The highest BCUT2D eigenvalue weighted by atomic mass is 35.5. The first-order valence-electron chi connectivity index (χ1n) is 20.9. The number of nitrogens with one attached hydrogen (secondary N) is 1. The molecule has 4 heterocycles. The summed E-state index contributed by atoms with van der Waals surface area (Å²) in [7, 11) is 2.10. The molecule has 360 valence electrons. The number of nitrogens with two attached hydrogens (primary N) is 1. The molecule has 6 rings (SSSR count). The Morgan fingerprint density at radius 3 is 1.83 bits per heavy atom. The summed E-state index contributed by atoms with van der Waals surface area (Å²) in [4.78, 5) is 88.5. The maximum atomic E-state index is 14.0. The van der Waals surface area contributed by atoms with Gasteiger partial charge in [-0.25, -0.2) is 28.8 Å². The number of piperazine rings is 1. The number of para-hydroxylation sites is 1. The summed E-state index contributed by atoms with van der Waals surface area (Å²) in [5.41, 5.74) is 5.90.